The number of aromatic nitrogens is 1. The summed E-state index contributed by atoms with van der Waals surface area (Å²) in [7, 11) is 3.07. The molecule has 1 heterocycles. The van der Waals surface area contributed by atoms with Gasteiger partial charge in [-0.3, -0.25) is 4.79 Å². The molecule has 0 spiro atoms. The Bertz CT molecular complexity index is 1190. The second-order valence-corrected chi connectivity index (χ2v) is 6.34. The van der Waals surface area contributed by atoms with E-state index in [1.54, 1.807) is 24.3 Å². The second-order valence-electron chi connectivity index (χ2n) is 6.34. The fraction of sp³-hybridized carbons (Fsp3) is 0.0833. The minimum Gasteiger partial charge on any atom is -0.496 e. The first-order valence-corrected chi connectivity index (χ1v) is 8.93. The number of allylic oxidation sites excluding steroid dienone is 1. The average molecular weight is 369 g/mol. The van der Waals surface area contributed by atoms with Gasteiger partial charge >= 0.3 is 0 Å². The summed E-state index contributed by atoms with van der Waals surface area (Å²) in [5.41, 5.74) is 3.07. The SMILES string of the molecule is COc1cccc(OC)c1C(=O)/C=C/c1cccc2cc3ccccc3nc12. The van der Waals surface area contributed by atoms with Crippen molar-refractivity contribution in [2.75, 3.05) is 14.2 Å². The lowest BCUT2D eigenvalue weighted by Crippen LogP contribution is -2.02. The van der Waals surface area contributed by atoms with E-state index in [4.69, 9.17) is 14.5 Å². The van der Waals surface area contributed by atoms with E-state index in [9.17, 15) is 4.79 Å². The Balaban J connectivity index is 1.77. The number of benzene rings is 3. The summed E-state index contributed by atoms with van der Waals surface area (Å²) in [4.78, 5) is 17.6. The van der Waals surface area contributed by atoms with E-state index in [1.165, 1.54) is 20.3 Å². The normalized spacial score (nSPS) is 11.2. The summed E-state index contributed by atoms with van der Waals surface area (Å²) in [6.07, 6.45) is 3.32. The highest BCUT2D eigenvalue weighted by molar-refractivity contribution is 6.11. The maximum Gasteiger partial charge on any atom is 0.193 e. The fourth-order valence-corrected chi connectivity index (χ4v) is 3.30. The lowest BCUT2D eigenvalue weighted by molar-refractivity contribution is 0.104. The zero-order valence-electron chi connectivity index (χ0n) is 15.7. The molecule has 0 N–H and O–H groups in total. The number of rotatable bonds is 5. The predicted octanol–water partition coefficient (Wildman–Crippen LogP) is 5.30. The minimum atomic E-state index is -0.188. The van der Waals surface area contributed by atoms with Crippen LogP contribution in [0.2, 0.25) is 0 Å². The molecule has 1 aromatic heterocycles. The van der Waals surface area contributed by atoms with Crippen LogP contribution in [0, 0.1) is 0 Å². The molecule has 0 atom stereocenters. The van der Waals surface area contributed by atoms with Gasteiger partial charge in [0.15, 0.2) is 5.78 Å². The number of fused-ring (bicyclic) bond motifs is 2. The summed E-state index contributed by atoms with van der Waals surface area (Å²) in [6.45, 7) is 0. The third kappa shape index (κ3) is 3.21. The van der Waals surface area contributed by atoms with Crippen molar-refractivity contribution < 1.29 is 14.3 Å². The van der Waals surface area contributed by atoms with Crippen LogP contribution in [0.25, 0.3) is 27.9 Å². The van der Waals surface area contributed by atoms with Gasteiger partial charge in [0.1, 0.15) is 17.1 Å². The highest BCUT2D eigenvalue weighted by Gasteiger charge is 2.16. The first kappa shape index (κ1) is 17.7. The Morgan fingerprint density at radius 1 is 0.857 bits per heavy atom. The molecule has 4 aromatic rings. The first-order valence-electron chi connectivity index (χ1n) is 8.93. The van der Waals surface area contributed by atoms with Gasteiger partial charge < -0.3 is 9.47 Å². The largest absolute Gasteiger partial charge is 0.496 e. The van der Waals surface area contributed by atoms with Crippen molar-refractivity contribution in [3.63, 3.8) is 0 Å². The number of ether oxygens (including phenoxy) is 2. The number of methoxy groups -OCH3 is 2. The molecule has 0 bridgehead atoms. The van der Waals surface area contributed by atoms with Gasteiger partial charge in [-0.25, -0.2) is 4.98 Å². The molecule has 0 fully saturated rings. The Morgan fingerprint density at radius 3 is 2.29 bits per heavy atom. The lowest BCUT2D eigenvalue weighted by atomic mass is 10.0. The maximum absolute atomic E-state index is 12.9. The highest BCUT2D eigenvalue weighted by Crippen LogP contribution is 2.29. The summed E-state index contributed by atoms with van der Waals surface area (Å²) in [5.74, 6) is 0.777. The Hall–Kier alpha value is -3.66. The Labute approximate surface area is 163 Å². The van der Waals surface area contributed by atoms with Gasteiger partial charge in [0.05, 0.1) is 25.3 Å². The summed E-state index contributed by atoms with van der Waals surface area (Å²) in [5, 5.41) is 2.12. The van der Waals surface area contributed by atoms with E-state index in [0.29, 0.717) is 17.1 Å². The van der Waals surface area contributed by atoms with Gasteiger partial charge in [0, 0.05) is 16.3 Å². The minimum absolute atomic E-state index is 0.188. The number of carbonyl (C=O) groups is 1. The molecule has 4 heteroatoms. The van der Waals surface area contributed by atoms with Crippen molar-refractivity contribution in [2.45, 2.75) is 0 Å². The van der Waals surface area contributed by atoms with Crippen LogP contribution in [-0.4, -0.2) is 25.0 Å². The van der Waals surface area contributed by atoms with E-state index in [0.717, 1.165) is 27.4 Å². The predicted molar refractivity (Wildman–Crippen MR) is 112 cm³/mol. The number of pyridine rings is 1. The molecule has 4 nitrogen and oxygen atoms in total. The molecule has 0 amide bonds. The van der Waals surface area contributed by atoms with Crippen molar-refractivity contribution >= 4 is 33.7 Å². The molecule has 0 unspecified atom stereocenters. The van der Waals surface area contributed by atoms with Gasteiger partial charge in [-0.05, 0) is 36.4 Å². The van der Waals surface area contributed by atoms with Crippen LogP contribution in [0.5, 0.6) is 11.5 Å². The molecule has 3 aromatic carbocycles. The third-order valence-electron chi connectivity index (χ3n) is 4.67. The van der Waals surface area contributed by atoms with Crippen molar-refractivity contribution in [3.05, 3.63) is 83.9 Å². The smallest absolute Gasteiger partial charge is 0.193 e. The number of hydrogen-bond acceptors (Lipinski definition) is 4. The zero-order valence-corrected chi connectivity index (χ0v) is 15.7. The number of carbonyl (C=O) groups excluding carboxylic acids is 1. The Kier molecular flexibility index (Phi) is 4.77. The standard InChI is InChI=1S/C24H19NO3/c1-27-21-11-6-12-22(28-2)23(21)20(26)14-13-16-8-5-9-18-15-17-7-3-4-10-19(17)25-24(16)18/h3-15H,1-2H3/b14-13+. The maximum atomic E-state index is 12.9. The molecule has 0 saturated heterocycles. The van der Waals surface area contributed by atoms with Crippen LogP contribution in [0.1, 0.15) is 15.9 Å². The monoisotopic (exact) mass is 369 g/mol. The summed E-state index contributed by atoms with van der Waals surface area (Å²) >= 11 is 0. The van der Waals surface area contributed by atoms with Crippen molar-refractivity contribution in [1.29, 1.82) is 0 Å². The van der Waals surface area contributed by atoms with Gasteiger partial charge in [-0.15, -0.1) is 0 Å². The van der Waals surface area contributed by atoms with E-state index in [2.05, 4.69) is 6.07 Å². The number of ketones is 1. The molecule has 0 aliphatic carbocycles. The third-order valence-corrected chi connectivity index (χ3v) is 4.67. The molecule has 0 aliphatic rings. The molecule has 0 saturated carbocycles. The summed E-state index contributed by atoms with van der Waals surface area (Å²) in [6, 6.07) is 21.3. The highest BCUT2D eigenvalue weighted by atomic mass is 16.5. The second kappa shape index (κ2) is 7.53. The molecule has 0 aliphatic heterocycles. The van der Waals surface area contributed by atoms with Gasteiger partial charge in [0.2, 0.25) is 0 Å². The fourth-order valence-electron chi connectivity index (χ4n) is 3.30. The quantitative estimate of drug-likeness (QED) is 0.272. The number of para-hydroxylation sites is 2. The molecule has 4 rings (SSSR count). The molecular formula is C24H19NO3. The molecule has 28 heavy (non-hydrogen) atoms. The molecule has 0 radical (unpaired) electrons. The molecular weight excluding hydrogens is 350 g/mol. The number of nitrogens with zero attached hydrogens (tertiary/aromatic N) is 1. The topological polar surface area (TPSA) is 48.4 Å². The van der Waals surface area contributed by atoms with Crippen LogP contribution in [0.3, 0.4) is 0 Å². The van der Waals surface area contributed by atoms with Gasteiger partial charge in [-0.1, -0.05) is 42.5 Å². The lowest BCUT2D eigenvalue weighted by Gasteiger charge is -2.10. The van der Waals surface area contributed by atoms with Crippen molar-refractivity contribution in [3.8, 4) is 11.5 Å². The van der Waals surface area contributed by atoms with E-state index < -0.39 is 0 Å². The van der Waals surface area contributed by atoms with Gasteiger partial charge in [-0.2, -0.15) is 0 Å². The van der Waals surface area contributed by atoms with Crippen molar-refractivity contribution in [2.24, 2.45) is 0 Å². The van der Waals surface area contributed by atoms with Gasteiger partial charge in [0.25, 0.3) is 0 Å². The average Bonchev–Trinajstić information content (AvgIpc) is 2.75. The first-order chi connectivity index (χ1) is 13.7. The van der Waals surface area contributed by atoms with E-state index >= 15 is 0 Å². The summed E-state index contributed by atoms with van der Waals surface area (Å²) < 4.78 is 10.7. The van der Waals surface area contributed by atoms with E-state index in [-0.39, 0.29) is 5.78 Å². The van der Waals surface area contributed by atoms with Crippen molar-refractivity contribution in [1.82, 2.24) is 4.98 Å². The van der Waals surface area contributed by atoms with Crippen LogP contribution in [0.4, 0.5) is 0 Å². The number of hydrogen-bond donors (Lipinski definition) is 0. The Morgan fingerprint density at radius 2 is 1.54 bits per heavy atom. The van der Waals surface area contributed by atoms with Crippen LogP contribution in [0.15, 0.2) is 72.8 Å². The van der Waals surface area contributed by atoms with Crippen LogP contribution >= 0.6 is 0 Å². The zero-order chi connectivity index (χ0) is 19.5. The van der Waals surface area contributed by atoms with Crippen LogP contribution < -0.4 is 9.47 Å². The van der Waals surface area contributed by atoms with E-state index in [1.807, 2.05) is 42.5 Å². The molecule has 138 valence electrons. The van der Waals surface area contributed by atoms with Crippen LogP contribution in [-0.2, 0) is 0 Å².